The van der Waals surface area contributed by atoms with Crippen LogP contribution in [0.4, 0.5) is 17.6 Å². The molecule has 0 saturated carbocycles. The highest BCUT2D eigenvalue weighted by molar-refractivity contribution is 5.67. The molecule has 0 aromatic heterocycles. The Hall–Kier alpha value is -2.55. The van der Waals surface area contributed by atoms with Gasteiger partial charge in [-0.25, -0.2) is 4.39 Å². The van der Waals surface area contributed by atoms with E-state index < -0.39 is 28.9 Å². The molecule has 0 aliphatic rings. The van der Waals surface area contributed by atoms with Crippen LogP contribution in [0.3, 0.4) is 0 Å². The monoisotopic (exact) mass is 281 g/mol. The minimum absolute atomic E-state index is 0.107. The molecule has 0 bridgehead atoms. The van der Waals surface area contributed by atoms with E-state index in [1.165, 1.54) is 18.2 Å². The predicted octanol–water partition coefficient (Wildman–Crippen LogP) is 4.09. The Balaban J connectivity index is 2.59. The summed E-state index contributed by atoms with van der Waals surface area (Å²) in [6, 6.07) is 7.84. The van der Waals surface area contributed by atoms with Gasteiger partial charge in [-0.3, -0.25) is 0 Å². The van der Waals surface area contributed by atoms with Gasteiger partial charge in [-0.15, -0.1) is 0 Å². The zero-order valence-corrected chi connectivity index (χ0v) is 9.87. The smallest absolute Gasteiger partial charge is 0.417 e. The van der Waals surface area contributed by atoms with Gasteiger partial charge < -0.3 is 5.11 Å². The van der Waals surface area contributed by atoms with Crippen molar-refractivity contribution in [1.82, 2.24) is 0 Å². The molecule has 2 rings (SSSR count). The van der Waals surface area contributed by atoms with Gasteiger partial charge in [0, 0.05) is 0 Å². The molecule has 0 spiro atoms. The van der Waals surface area contributed by atoms with E-state index in [1.54, 1.807) is 0 Å². The summed E-state index contributed by atoms with van der Waals surface area (Å²) < 4.78 is 51.6. The number of halogens is 4. The molecule has 0 unspecified atom stereocenters. The van der Waals surface area contributed by atoms with Crippen LogP contribution in [0.1, 0.15) is 11.1 Å². The molecule has 0 atom stereocenters. The molecule has 2 aromatic carbocycles. The molecule has 0 amide bonds. The fourth-order valence-corrected chi connectivity index (χ4v) is 1.74. The number of alkyl halides is 3. The molecule has 0 aliphatic carbocycles. The topological polar surface area (TPSA) is 44.0 Å². The highest BCUT2D eigenvalue weighted by atomic mass is 19.4. The lowest BCUT2D eigenvalue weighted by atomic mass is 9.99. The third-order valence-electron chi connectivity index (χ3n) is 2.73. The number of hydrogen-bond donors (Lipinski definition) is 1. The lowest BCUT2D eigenvalue weighted by Gasteiger charge is -2.11. The first kappa shape index (κ1) is 13.9. The second kappa shape index (κ2) is 4.85. The summed E-state index contributed by atoms with van der Waals surface area (Å²) in [5.41, 5.74) is -1.29. The number of hydrogen-bond acceptors (Lipinski definition) is 2. The maximum Gasteiger partial charge on any atom is 0.417 e. The lowest BCUT2D eigenvalue weighted by Crippen LogP contribution is -2.07. The number of nitrogens with zero attached hydrogens (tertiary/aromatic N) is 1. The van der Waals surface area contributed by atoms with Crippen LogP contribution in [0, 0.1) is 17.1 Å². The molecule has 2 aromatic rings. The number of phenolic OH excluding ortho intramolecular Hbond substituents is 1. The SMILES string of the molecule is N#Cc1ccc(-c2ccc(O)c(F)c2)cc1C(F)(F)F. The van der Waals surface area contributed by atoms with Crippen LogP contribution in [0.5, 0.6) is 5.75 Å². The molecule has 2 nitrogen and oxygen atoms in total. The van der Waals surface area contributed by atoms with Crippen molar-refractivity contribution >= 4 is 0 Å². The van der Waals surface area contributed by atoms with Crippen LogP contribution in [-0.4, -0.2) is 5.11 Å². The number of aromatic hydroxyl groups is 1. The van der Waals surface area contributed by atoms with Crippen molar-refractivity contribution < 1.29 is 22.7 Å². The average Bonchev–Trinajstić information content (AvgIpc) is 2.40. The first-order chi connectivity index (χ1) is 9.32. The van der Waals surface area contributed by atoms with Gasteiger partial charge >= 0.3 is 6.18 Å². The number of benzene rings is 2. The number of nitriles is 1. The number of phenols is 1. The molecule has 0 heterocycles. The predicted molar refractivity (Wildman–Crippen MR) is 63.2 cm³/mol. The summed E-state index contributed by atoms with van der Waals surface area (Å²) >= 11 is 0. The van der Waals surface area contributed by atoms with E-state index in [1.807, 2.05) is 0 Å². The molecule has 6 heteroatoms. The minimum atomic E-state index is -4.67. The summed E-state index contributed by atoms with van der Waals surface area (Å²) in [6.45, 7) is 0. The molecule has 0 aliphatic heterocycles. The molecule has 0 saturated heterocycles. The van der Waals surface area contributed by atoms with E-state index in [0.717, 1.165) is 24.3 Å². The van der Waals surface area contributed by atoms with Crippen molar-refractivity contribution in [1.29, 1.82) is 5.26 Å². The Bertz CT molecular complexity index is 701. The van der Waals surface area contributed by atoms with Crippen LogP contribution >= 0.6 is 0 Å². The maximum atomic E-state index is 13.2. The summed E-state index contributed by atoms with van der Waals surface area (Å²) in [5, 5.41) is 17.7. The van der Waals surface area contributed by atoms with E-state index in [2.05, 4.69) is 0 Å². The van der Waals surface area contributed by atoms with E-state index in [4.69, 9.17) is 10.4 Å². The van der Waals surface area contributed by atoms with Crippen LogP contribution in [0.25, 0.3) is 11.1 Å². The zero-order valence-electron chi connectivity index (χ0n) is 9.87. The molecule has 0 radical (unpaired) electrons. The van der Waals surface area contributed by atoms with Crippen molar-refractivity contribution in [3.05, 3.63) is 53.3 Å². The standard InChI is InChI=1S/C14H7F4NO/c15-12-6-9(3-4-13(12)20)8-1-2-10(7-19)11(5-8)14(16,17)18/h1-6,20H. The summed E-state index contributed by atoms with van der Waals surface area (Å²) in [6.07, 6.45) is -4.67. The van der Waals surface area contributed by atoms with Crippen LogP contribution < -0.4 is 0 Å². The van der Waals surface area contributed by atoms with Crippen LogP contribution in [0.15, 0.2) is 36.4 Å². The Morgan fingerprint density at radius 3 is 2.15 bits per heavy atom. The van der Waals surface area contributed by atoms with Crippen molar-refractivity contribution in [3.8, 4) is 22.9 Å². The Kier molecular flexibility index (Phi) is 3.36. The van der Waals surface area contributed by atoms with Gasteiger partial charge in [0.05, 0.1) is 17.2 Å². The fourth-order valence-electron chi connectivity index (χ4n) is 1.74. The minimum Gasteiger partial charge on any atom is -0.505 e. The van der Waals surface area contributed by atoms with Crippen LogP contribution in [0.2, 0.25) is 0 Å². The summed E-state index contributed by atoms with van der Waals surface area (Å²) in [7, 11) is 0. The normalized spacial score (nSPS) is 11.2. The van der Waals surface area contributed by atoms with Crippen molar-refractivity contribution in [3.63, 3.8) is 0 Å². The van der Waals surface area contributed by atoms with Gasteiger partial charge in [0.2, 0.25) is 0 Å². The maximum absolute atomic E-state index is 13.2. The second-order valence-electron chi connectivity index (χ2n) is 4.04. The average molecular weight is 281 g/mol. The highest BCUT2D eigenvalue weighted by Gasteiger charge is 2.33. The van der Waals surface area contributed by atoms with Gasteiger partial charge in [0.15, 0.2) is 11.6 Å². The van der Waals surface area contributed by atoms with Gasteiger partial charge in [0.1, 0.15) is 0 Å². The number of rotatable bonds is 1. The summed E-state index contributed by atoms with van der Waals surface area (Å²) in [5.74, 6) is -1.51. The van der Waals surface area contributed by atoms with Crippen molar-refractivity contribution in [2.45, 2.75) is 6.18 Å². The largest absolute Gasteiger partial charge is 0.505 e. The van der Waals surface area contributed by atoms with Crippen molar-refractivity contribution in [2.24, 2.45) is 0 Å². The van der Waals surface area contributed by atoms with Crippen molar-refractivity contribution in [2.75, 3.05) is 0 Å². The molecule has 102 valence electrons. The zero-order chi connectivity index (χ0) is 14.9. The molecular formula is C14H7F4NO. The van der Waals surface area contributed by atoms with Crippen LogP contribution in [-0.2, 0) is 6.18 Å². The first-order valence-corrected chi connectivity index (χ1v) is 5.43. The molecule has 1 N–H and O–H groups in total. The van der Waals surface area contributed by atoms with E-state index in [0.29, 0.717) is 0 Å². The molecule has 0 fully saturated rings. The molecule has 20 heavy (non-hydrogen) atoms. The Morgan fingerprint density at radius 2 is 1.60 bits per heavy atom. The quantitative estimate of drug-likeness (QED) is 0.800. The fraction of sp³-hybridized carbons (Fsp3) is 0.0714. The Morgan fingerprint density at radius 1 is 1.00 bits per heavy atom. The molecular weight excluding hydrogens is 274 g/mol. The summed E-state index contributed by atoms with van der Waals surface area (Å²) in [4.78, 5) is 0. The van der Waals surface area contributed by atoms with Gasteiger partial charge in [0.25, 0.3) is 0 Å². The third-order valence-corrected chi connectivity index (χ3v) is 2.73. The van der Waals surface area contributed by atoms with E-state index >= 15 is 0 Å². The Labute approximate surface area is 111 Å². The third kappa shape index (κ3) is 2.57. The van der Waals surface area contributed by atoms with Gasteiger partial charge in [-0.2, -0.15) is 18.4 Å². The van der Waals surface area contributed by atoms with Gasteiger partial charge in [-0.05, 0) is 35.4 Å². The highest BCUT2D eigenvalue weighted by Crippen LogP contribution is 2.35. The lowest BCUT2D eigenvalue weighted by molar-refractivity contribution is -0.137. The van der Waals surface area contributed by atoms with E-state index in [-0.39, 0.29) is 11.1 Å². The van der Waals surface area contributed by atoms with Gasteiger partial charge in [-0.1, -0.05) is 12.1 Å². The first-order valence-electron chi connectivity index (χ1n) is 5.43. The van der Waals surface area contributed by atoms with E-state index in [9.17, 15) is 17.6 Å². The second-order valence-corrected chi connectivity index (χ2v) is 4.04.